The summed E-state index contributed by atoms with van der Waals surface area (Å²) in [6.45, 7) is 6.90. The van der Waals surface area contributed by atoms with E-state index in [1.54, 1.807) is 12.1 Å². The van der Waals surface area contributed by atoms with Gasteiger partial charge in [-0.15, -0.1) is 0 Å². The number of anilines is 2. The van der Waals surface area contributed by atoms with Crippen LogP contribution in [-0.4, -0.2) is 18.5 Å². The van der Waals surface area contributed by atoms with Crippen LogP contribution < -0.4 is 16.4 Å². The highest BCUT2D eigenvalue weighted by molar-refractivity contribution is 6.00. The number of rotatable bonds is 9. The minimum atomic E-state index is -0.0572. The maximum absolute atomic E-state index is 12.1. The van der Waals surface area contributed by atoms with Crippen molar-refractivity contribution >= 4 is 17.3 Å². The quantitative estimate of drug-likeness (QED) is 0.479. The number of unbranched alkanes of at least 4 members (excludes halogenated alkanes) is 3. The monoisotopic (exact) mass is 291 g/mol. The molecule has 21 heavy (non-hydrogen) atoms. The molecule has 4 heteroatoms. The summed E-state index contributed by atoms with van der Waals surface area (Å²) >= 11 is 0. The fourth-order valence-corrected chi connectivity index (χ4v) is 2.35. The lowest BCUT2D eigenvalue weighted by atomic mass is 10.1. The molecule has 0 spiro atoms. The van der Waals surface area contributed by atoms with E-state index < -0.39 is 0 Å². The van der Waals surface area contributed by atoms with Gasteiger partial charge < -0.3 is 16.4 Å². The first-order valence-corrected chi connectivity index (χ1v) is 8.02. The van der Waals surface area contributed by atoms with Crippen molar-refractivity contribution in [3.05, 3.63) is 23.8 Å². The Labute approximate surface area is 128 Å². The predicted molar refractivity (Wildman–Crippen MR) is 90.7 cm³/mol. The van der Waals surface area contributed by atoms with Gasteiger partial charge in [0.05, 0.1) is 5.56 Å². The molecule has 0 heterocycles. The molecule has 0 radical (unpaired) electrons. The Balaban J connectivity index is 2.67. The molecule has 0 aliphatic carbocycles. The molecule has 1 aromatic carbocycles. The largest absolute Gasteiger partial charge is 0.399 e. The number of carbonyl (C=O) groups is 1. The van der Waals surface area contributed by atoms with Crippen molar-refractivity contribution in [2.45, 2.75) is 58.9 Å². The van der Waals surface area contributed by atoms with Crippen molar-refractivity contribution in [1.82, 2.24) is 5.32 Å². The molecule has 0 aliphatic rings. The van der Waals surface area contributed by atoms with Crippen molar-refractivity contribution < 1.29 is 4.79 Å². The van der Waals surface area contributed by atoms with Gasteiger partial charge in [-0.3, -0.25) is 4.79 Å². The van der Waals surface area contributed by atoms with Gasteiger partial charge in [-0.1, -0.05) is 32.6 Å². The number of nitrogens with one attached hydrogen (secondary N) is 2. The minimum Gasteiger partial charge on any atom is -0.399 e. The van der Waals surface area contributed by atoms with Crippen LogP contribution in [-0.2, 0) is 0 Å². The van der Waals surface area contributed by atoms with Crippen LogP contribution in [0.3, 0.4) is 0 Å². The average molecular weight is 291 g/mol. The number of carbonyl (C=O) groups excluding carboxylic acids is 1. The highest BCUT2D eigenvalue weighted by Crippen LogP contribution is 2.21. The topological polar surface area (TPSA) is 67.1 Å². The fraction of sp³-hybridized carbons (Fsp3) is 0.588. The normalized spacial score (nSPS) is 12.0. The van der Waals surface area contributed by atoms with Gasteiger partial charge in [-0.05, 0) is 38.5 Å². The van der Waals surface area contributed by atoms with Gasteiger partial charge in [0, 0.05) is 24.0 Å². The van der Waals surface area contributed by atoms with Crippen molar-refractivity contribution in [3.8, 4) is 0 Å². The first kappa shape index (κ1) is 17.3. The molecule has 0 fully saturated rings. The Hall–Kier alpha value is -1.71. The summed E-state index contributed by atoms with van der Waals surface area (Å²) < 4.78 is 0. The van der Waals surface area contributed by atoms with E-state index in [9.17, 15) is 4.79 Å². The predicted octanol–water partition coefficient (Wildman–Crippen LogP) is 3.79. The fourth-order valence-electron chi connectivity index (χ4n) is 2.35. The molecule has 4 N–H and O–H groups in total. The molecule has 0 aliphatic heterocycles. The number of nitrogen functional groups attached to an aromatic ring is 1. The van der Waals surface area contributed by atoms with E-state index in [-0.39, 0.29) is 5.91 Å². The van der Waals surface area contributed by atoms with Crippen LogP contribution in [0.25, 0.3) is 0 Å². The van der Waals surface area contributed by atoms with Gasteiger partial charge in [0.2, 0.25) is 0 Å². The molecule has 0 aromatic heterocycles. The molecular weight excluding hydrogens is 262 g/mol. The second kappa shape index (κ2) is 9.27. The van der Waals surface area contributed by atoms with Crippen molar-refractivity contribution in [2.24, 2.45) is 0 Å². The van der Waals surface area contributed by atoms with Gasteiger partial charge in [-0.25, -0.2) is 0 Å². The zero-order valence-corrected chi connectivity index (χ0v) is 13.5. The summed E-state index contributed by atoms with van der Waals surface area (Å²) in [5.74, 6) is -0.0572. The summed E-state index contributed by atoms with van der Waals surface area (Å²) in [5.41, 5.74) is 8.00. The zero-order valence-electron chi connectivity index (χ0n) is 13.5. The van der Waals surface area contributed by atoms with E-state index in [1.807, 2.05) is 13.0 Å². The Bertz CT molecular complexity index is 446. The standard InChI is InChI=1S/C17H29N3O/c1-4-6-7-8-9-13(3)20-16-12-14(18)10-11-15(16)17(21)19-5-2/h10-13,20H,4-9,18H2,1-3H3,(H,19,21). The van der Waals surface area contributed by atoms with Crippen LogP contribution in [0, 0.1) is 0 Å². The van der Waals surface area contributed by atoms with Crippen molar-refractivity contribution in [2.75, 3.05) is 17.6 Å². The van der Waals surface area contributed by atoms with Crippen LogP contribution in [0.4, 0.5) is 11.4 Å². The smallest absolute Gasteiger partial charge is 0.253 e. The van der Waals surface area contributed by atoms with E-state index in [2.05, 4.69) is 24.5 Å². The molecule has 1 rings (SSSR count). The van der Waals surface area contributed by atoms with Crippen molar-refractivity contribution in [3.63, 3.8) is 0 Å². The number of nitrogens with two attached hydrogens (primary N) is 1. The molecule has 118 valence electrons. The summed E-state index contributed by atoms with van der Waals surface area (Å²) in [5, 5.41) is 6.26. The number of amides is 1. The Morgan fingerprint density at radius 3 is 2.67 bits per heavy atom. The third kappa shape index (κ3) is 6.06. The van der Waals surface area contributed by atoms with Gasteiger partial charge >= 0.3 is 0 Å². The number of benzene rings is 1. The highest BCUT2D eigenvalue weighted by Gasteiger charge is 2.12. The third-order valence-electron chi connectivity index (χ3n) is 3.52. The average Bonchev–Trinajstić information content (AvgIpc) is 2.44. The van der Waals surface area contributed by atoms with Crippen molar-refractivity contribution in [1.29, 1.82) is 0 Å². The Morgan fingerprint density at radius 1 is 1.24 bits per heavy atom. The molecule has 1 amide bonds. The van der Waals surface area contributed by atoms with E-state index in [0.29, 0.717) is 23.8 Å². The molecular formula is C17H29N3O. The number of hydrogen-bond acceptors (Lipinski definition) is 3. The van der Waals surface area contributed by atoms with Gasteiger partial charge in [0.25, 0.3) is 5.91 Å². The summed E-state index contributed by atoms with van der Waals surface area (Å²) in [6.07, 6.45) is 6.11. The third-order valence-corrected chi connectivity index (χ3v) is 3.52. The van der Waals surface area contributed by atoms with Crippen LogP contribution in [0.2, 0.25) is 0 Å². The van der Waals surface area contributed by atoms with Crippen LogP contribution in [0.5, 0.6) is 0 Å². The molecule has 1 aromatic rings. The lowest BCUT2D eigenvalue weighted by Gasteiger charge is -2.18. The summed E-state index contributed by atoms with van der Waals surface area (Å²) in [6, 6.07) is 5.72. The first-order chi connectivity index (χ1) is 10.1. The SMILES string of the molecule is CCCCCCC(C)Nc1cc(N)ccc1C(=O)NCC. The zero-order chi connectivity index (χ0) is 15.7. The molecule has 4 nitrogen and oxygen atoms in total. The second-order valence-corrected chi connectivity index (χ2v) is 5.56. The molecule has 0 saturated heterocycles. The number of hydrogen-bond donors (Lipinski definition) is 3. The maximum atomic E-state index is 12.1. The lowest BCUT2D eigenvalue weighted by molar-refractivity contribution is 0.0956. The molecule has 1 unspecified atom stereocenters. The summed E-state index contributed by atoms with van der Waals surface area (Å²) in [7, 11) is 0. The van der Waals surface area contributed by atoms with Gasteiger partial charge in [0.1, 0.15) is 0 Å². The second-order valence-electron chi connectivity index (χ2n) is 5.56. The molecule has 0 bridgehead atoms. The van der Waals surface area contributed by atoms with E-state index in [0.717, 1.165) is 12.1 Å². The van der Waals surface area contributed by atoms with E-state index in [4.69, 9.17) is 5.73 Å². The van der Waals surface area contributed by atoms with Crippen LogP contribution in [0.15, 0.2) is 18.2 Å². The van der Waals surface area contributed by atoms with Gasteiger partial charge in [0.15, 0.2) is 0 Å². The van der Waals surface area contributed by atoms with Crippen LogP contribution in [0.1, 0.15) is 63.2 Å². The Kier molecular flexibility index (Phi) is 7.65. The van der Waals surface area contributed by atoms with E-state index >= 15 is 0 Å². The molecule has 1 atom stereocenters. The van der Waals surface area contributed by atoms with Crippen LogP contribution >= 0.6 is 0 Å². The Morgan fingerprint density at radius 2 is 2.00 bits per heavy atom. The minimum absolute atomic E-state index is 0.0572. The molecule has 0 saturated carbocycles. The van der Waals surface area contributed by atoms with E-state index in [1.165, 1.54) is 25.7 Å². The first-order valence-electron chi connectivity index (χ1n) is 8.02. The lowest BCUT2D eigenvalue weighted by Crippen LogP contribution is -2.25. The highest BCUT2D eigenvalue weighted by atomic mass is 16.1. The van der Waals surface area contributed by atoms with Gasteiger partial charge in [-0.2, -0.15) is 0 Å². The maximum Gasteiger partial charge on any atom is 0.253 e. The summed E-state index contributed by atoms with van der Waals surface area (Å²) in [4.78, 5) is 12.1.